The van der Waals surface area contributed by atoms with Crippen molar-refractivity contribution >= 4 is 22.4 Å². The highest BCUT2D eigenvalue weighted by Gasteiger charge is 2.36. The standard InChI is InChI=1S/C19H23ClN2O/c20-17-9-15-11-22-8-7-14(15)10-18(17)23-16-5-3-13(4-6-16)19(21)12-1-2-12/h7-13,16,19H,1-6,21H2/t13-,16-,19?. The van der Waals surface area contributed by atoms with Crippen molar-refractivity contribution in [2.75, 3.05) is 0 Å². The summed E-state index contributed by atoms with van der Waals surface area (Å²) in [4.78, 5) is 4.13. The minimum atomic E-state index is 0.259. The molecule has 0 aliphatic heterocycles. The molecule has 122 valence electrons. The zero-order valence-electron chi connectivity index (χ0n) is 13.2. The van der Waals surface area contributed by atoms with Crippen molar-refractivity contribution in [3.8, 4) is 5.75 Å². The molecule has 2 N–H and O–H groups in total. The molecule has 2 aromatic rings. The van der Waals surface area contributed by atoms with E-state index in [1.54, 1.807) is 6.20 Å². The number of fused-ring (bicyclic) bond motifs is 1. The topological polar surface area (TPSA) is 48.1 Å². The summed E-state index contributed by atoms with van der Waals surface area (Å²) in [6, 6.07) is 6.37. The second-order valence-corrected chi connectivity index (χ2v) is 7.48. The van der Waals surface area contributed by atoms with Crippen molar-refractivity contribution in [1.29, 1.82) is 0 Å². The quantitative estimate of drug-likeness (QED) is 0.893. The molecule has 1 aromatic carbocycles. The van der Waals surface area contributed by atoms with Gasteiger partial charge >= 0.3 is 0 Å². The summed E-state index contributed by atoms with van der Waals surface area (Å²) in [6.45, 7) is 0. The van der Waals surface area contributed by atoms with E-state index in [9.17, 15) is 0 Å². The molecule has 4 heteroatoms. The smallest absolute Gasteiger partial charge is 0.138 e. The number of aromatic nitrogens is 1. The van der Waals surface area contributed by atoms with Gasteiger partial charge in [0.25, 0.3) is 0 Å². The maximum absolute atomic E-state index is 6.38. The zero-order chi connectivity index (χ0) is 15.8. The van der Waals surface area contributed by atoms with Gasteiger partial charge in [-0.1, -0.05) is 11.6 Å². The second kappa shape index (κ2) is 6.29. The number of pyridine rings is 1. The van der Waals surface area contributed by atoms with E-state index >= 15 is 0 Å². The van der Waals surface area contributed by atoms with Crippen LogP contribution in [0.5, 0.6) is 5.75 Å². The fourth-order valence-corrected chi connectivity index (χ4v) is 4.03. The fourth-order valence-electron chi connectivity index (χ4n) is 3.81. The molecule has 1 heterocycles. The summed E-state index contributed by atoms with van der Waals surface area (Å²) in [7, 11) is 0. The molecule has 2 aliphatic carbocycles. The van der Waals surface area contributed by atoms with Gasteiger partial charge in [-0.05, 0) is 73.9 Å². The first-order valence-electron chi connectivity index (χ1n) is 8.66. The van der Waals surface area contributed by atoms with Gasteiger partial charge < -0.3 is 10.5 Å². The Hall–Kier alpha value is -1.32. The summed E-state index contributed by atoms with van der Waals surface area (Å²) < 4.78 is 6.21. The average Bonchev–Trinajstić information content (AvgIpc) is 3.40. The Bertz CT molecular complexity index is 693. The van der Waals surface area contributed by atoms with Crippen molar-refractivity contribution in [3.05, 3.63) is 35.6 Å². The van der Waals surface area contributed by atoms with E-state index < -0.39 is 0 Å². The summed E-state index contributed by atoms with van der Waals surface area (Å²) in [5.41, 5.74) is 6.37. The number of nitrogens with zero attached hydrogens (tertiary/aromatic N) is 1. The number of nitrogens with two attached hydrogens (primary N) is 1. The molecule has 3 nitrogen and oxygen atoms in total. The summed E-state index contributed by atoms with van der Waals surface area (Å²) in [5.74, 6) is 2.27. The Morgan fingerprint density at radius 1 is 1.04 bits per heavy atom. The Kier molecular flexibility index (Phi) is 4.16. The first kappa shape index (κ1) is 15.2. The molecule has 0 spiro atoms. The van der Waals surface area contributed by atoms with Crippen molar-refractivity contribution in [1.82, 2.24) is 4.98 Å². The van der Waals surface area contributed by atoms with E-state index in [2.05, 4.69) is 4.98 Å². The molecule has 4 rings (SSSR count). The van der Waals surface area contributed by atoms with Crippen LogP contribution >= 0.6 is 11.6 Å². The van der Waals surface area contributed by atoms with Crippen LogP contribution in [0.1, 0.15) is 38.5 Å². The number of halogens is 1. The van der Waals surface area contributed by atoms with E-state index in [-0.39, 0.29) is 6.10 Å². The van der Waals surface area contributed by atoms with Crippen LogP contribution in [0.2, 0.25) is 5.02 Å². The van der Waals surface area contributed by atoms with E-state index in [0.29, 0.717) is 17.0 Å². The van der Waals surface area contributed by atoms with Gasteiger partial charge in [-0.25, -0.2) is 0 Å². The van der Waals surface area contributed by atoms with Crippen LogP contribution < -0.4 is 10.5 Å². The predicted molar refractivity (Wildman–Crippen MR) is 93.8 cm³/mol. The molecule has 2 saturated carbocycles. The lowest BCUT2D eigenvalue weighted by Gasteiger charge is -2.32. The van der Waals surface area contributed by atoms with Gasteiger partial charge in [0, 0.05) is 23.8 Å². The predicted octanol–water partition coefficient (Wildman–Crippen LogP) is 4.56. The van der Waals surface area contributed by atoms with Gasteiger partial charge in [0.1, 0.15) is 5.75 Å². The number of benzene rings is 1. The van der Waals surface area contributed by atoms with Crippen LogP contribution in [-0.4, -0.2) is 17.1 Å². The number of hydrogen-bond acceptors (Lipinski definition) is 3. The van der Waals surface area contributed by atoms with Gasteiger partial charge in [-0.2, -0.15) is 0 Å². The third-order valence-electron chi connectivity index (χ3n) is 5.41. The lowest BCUT2D eigenvalue weighted by molar-refractivity contribution is 0.120. The molecule has 1 unspecified atom stereocenters. The van der Waals surface area contributed by atoms with E-state index in [1.165, 1.54) is 25.7 Å². The molecule has 0 radical (unpaired) electrons. The maximum atomic E-state index is 6.38. The van der Waals surface area contributed by atoms with E-state index in [4.69, 9.17) is 22.1 Å². The Balaban J connectivity index is 1.41. The lowest BCUT2D eigenvalue weighted by Crippen LogP contribution is -2.36. The first-order valence-corrected chi connectivity index (χ1v) is 9.04. The van der Waals surface area contributed by atoms with Crippen LogP contribution in [0, 0.1) is 11.8 Å². The van der Waals surface area contributed by atoms with Crippen molar-refractivity contribution < 1.29 is 4.74 Å². The fraction of sp³-hybridized carbons (Fsp3) is 0.526. The maximum Gasteiger partial charge on any atom is 0.138 e. The molecule has 1 atom stereocenters. The van der Waals surface area contributed by atoms with Crippen molar-refractivity contribution in [2.45, 2.75) is 50.7 Å². The van der Waals surface area contributed by atoms with Gasteiger partial charge in [0.05, 0.1) is 11.1 Å². The molecular formula is C19H23ClN2O. The molecule has 2 fully saturated rings. The molecule has 23 heavy (non-hydrogen) atoms. The molecule has 1 aromatic heterocycles. The monoisotopic (exact) mass is 330 g/mol. The Morgan fingerprint density at radius 3 is 2.43 bits per heavy atom. The molecule has 0 saturated heterocycles. The van der Waals surface area contributed by atoms with Crippen molar-refractivity contribution in [2.24, 2.45) is 17.6 Å². The lowest BCUT2D eigenvalue weighted by atomic mass is 9.81. The first-order chi connectivity index (χ1) is 11.2. The van der Waals surface area contributed by atoms with Gasteiger partial charge in [0.2, 0.25) is 0 Å². The molecule has 2 aliphatic rings. The third kappa shape index (κ3) is 3.31. The summed E-state index contributed by atoms with van der Waals surface area (Å²) in [6.07, 6.45) is 11.1. The van der Waals surface area contributed by atoms with Crippen LogP contribution in [0.4, 0.5) is 0 Å². The highest BCUT2D eigenvalue weighted by Crippen LogP contribution is 2.40. The van der Waals surface area contributed by atoms with Crippen LogP contribution in [0.25, 0.3) is 10.8 Å². The summed E-state index contributed by atoms with van der Waals surface area (Å²) in [5, 5.41) is 2.83. The van der Waals surface area contributed by atoms with Gasteiger partial charge in [-0.3, -0.25) is 4.98 Å². The summed E-state index contributed by atoms with van der Waals surface area (Å²) >= 11 is 6.38. The van der Waals surface area contributed by atoms with Crippen LogP contribution in [-0.2, 0) is 0 Å². The van der Waals surface area contributed by atoms with Crippen molar-refractivity contribution in [3.63, 3.8) is 0 Å². The molecular weight excluding hydrogens is 308 g/mol. The number of ether oxygens (including phenoxy) is 1. The van der Waals surface area contributed by atoms with Crippen LogP contribution in [0.15, 0.2) is 30.6 Å². The number of hydrogen-bond donors (Lipinski definition) is 1. The van der Waals surface area contributed by atoms with Crippen LogP contribution in [0.3, 0.4) is 0 Å². The highest BCUT2D eigenvalue weighted by molar-refractivity contribution is 6.32. The number of rotatable bonds is 4. The molecule has 0 amide bonds. The van der Waals surface area contributed by atoms with Gasteiger partial charge in [0.15, 0.2) is 0 Å². The third-order valence-corrected chi connectivity index (χ3v) is 5.71. The SMILES string of the molecule is NC(C1CC1)[C@H]1CC[C@H](Oc2cc3ccncc3cc2Cl)CC1. The van der Waals surface area contributed by atoms with E-state index in [1.807, 2.05) is 24.4 Å². The van der Waals surface area contributed by atoms with Gasteiger partial charge in [-0.15, -0.1) is 0 Å². The minimum Gasteiger partial charge on any atom is -0.489 e. The highest BCUT2D eigenvalue weighted by atomic mass is 35.5. The normalized spacial score (nSPS) is 26.2. The largest absolute Gasteiger partial charge is 0.489 e. The van der Waals surface area contributed by atoms with E-state index in [0.717, 1.165) is 35.3 Å². The Morgan fingerprint density at radius 2 is 1.74 bits per heavy atom. The zero-order valence-corrected chi connectivity index (χ0v) is 14.0. The average molecular weight is 331 g/mol. The Labute approximate surface area is 142 Å². The molecule has 0 bridgehead atoms. The minimum absolute atomic E-state index is 0.259. The second-order valence-electron chi connectivity index (χ2n) is 7.07.